The summed E-state index contributed by atoms with van der Waals surface area (Å²) in [4.78, 5) is 14.8. The van der Waals surface area contributed by atoms with Gasteiger partial charge < -0.3 is 64.9 Å². The van der Waals surface area contributed by atoms with Gasteiger partial charge in [-0.25, -0.2) is 0 Å². The number of carbonyl (C=O) groups excluding carboxylic acids is 1. The molecule has 14 heteroatoms. The van der Waals surface area contributed by atoms with Gasteiger partial charge in [-0.1, -0.05) is 60.1 Å². The first kappa shape index (κ1) is 42.8. The number of rotatable bonds is 6. The van der Waals surface area contributed by atoms with Crippen LogP contribution in [0.25, 0.3) is 0 Å². The van der Waals surface area contributed by atoms with E-state index in [1.165, 1.54) is 5.57 Å². The van der Waals surface area contributed by atoms with E-state index in [4.69, 9.17) is 18.9 Å². The van der Waals surface area contributed by atoms with Crippen LogP contribution in [0.1, 0.15) is 106 Å². The Morgan fingerprint density at radius 2 is 1.36 bits per heavy atom. The Balaban J connectivity index is 1.16. The number of allylic oxidation sites excluding steroid dienone is 2. The molecule has 4 saturated carbocycles. The zero-order valence-corrected chi connectivity index (χ0v) is 34.1. The molecule has 19 atom stereocenters. The van der Waals surface area contributed by atoms with E-state index >= 15 is 0 Å². The Hall–Kier alpha value is -1.27. The predicted molar refractivity (Wildman–Crippen MR) is 199 cm³/mol. The maximum Gasteiger partial charge on any atom is 0.317 e. The van der Waals surface area contributed by atoms with Crippen molar-refractivity contribution in [2.75, 3.05) is 13.2 Å². The van der Waals surface area contributed by atoms with Crippen molar-refractivity contribution >= 4 is 5.97 Å². The summed E-state index contributed by atoms with van der Waals surface area (Å²) in [5.74, 6) is -0.449. The molecule has 7 aliphatic rings. The molecule has 0 amide bonds. The van der Waals surface area contributed by atoms with Crippen molar-refractivity contribution in [3.8, 4) is 0 Å². The monoisotopic (exact) mass is 796 g/mol. The van der Waals surface area contributed by atoms with E-state index in [2.05, 4.69) is 54.5 Å². The normalized spacial score (nSPS) is 53.7. The molecule has 2 unspecified atom stereocenters. The first-order valence-corrected chi connectivity index (χ1v) is 20.9. The van der Waals surface area contributed by atoms with Crippen LogP contribution in [0.5, 0.6) is 0 Å². The van der Waals surface area contributed by atoms with Gasteiger partial charge in [-0.05, 0) is 103 Å². The maximum absolute atomic E-state index is 14.8. The van der Waals surface area contributed by atoms with Gasteiger partial charge in [0, 0.05) is 0 Å². The van der Waals surface area contributed by atoms with Gasteiger partial charge >= 0.3 is 5.97 Å². The van der Waals surface area contributed by atoms with Crippen LogP contribution >= 0.6 is 0 Å². The van der Waals surface area contributed by atoms with Crippen LogP contribution in [-0.2, 0) is 23.7 Å². The topological polar surface area (TPSA) is 236 Å². The Morgan fingerprint density at radius 1 is 0.714 bits per heavy atom. The van der Waals surface area contributed by atoms with E-state index in [0.29, 0.717) is 37.5 Å². The molecule has 2 aliphatic heterocycles. The van der Waals surface area contributed by atoms with E-state index in [0.717, 1.165) is 32.1 Å². The van der Waals surface area contributed by atoms with Crippen molar-refractivity contribution in [1.82, 2.24) is 0 Å². The lowest BCUT2D eigenvalue weighted by Crippen LogP contribution is -2.68. The zero-order valence-electron chi connectivity index (χ0n) is 34.1. The summed E-state index contributed by atoms with van der Waals surface area (Å²) >= 11 is 0. The van der Waals surface area contributed by atoms with Crippen LogP contribution in [0.4, 0.5) is 0 Å². The molecule has 2 saturated heterocycles. The molecule has 7 rings (SSSR count). The third-order valence-electron chi connectivity index (χ3n) is 17.2. The molecule has 0 radical (unpaired) electrons. The minimum absolute atomic E-state index is 0.00601. The van der Waals surface area contributed by atoms with Gasteiger partial charge in [-0.15, -0.1) is 0 Å². The highest BCUT2D eigenvalue weighted by Crippen LogP contribution is 2.76. The first-order chi connectivity index (χ1) is 26.0. The van der Waals surface area contributed by atoms with Gasteiger partial charge in [0.2, 0.25) is 6.29 Å². The summed E-state index contributed by atoms with van der Waals surface area (Å²) < 4.78 is 23.0. The van der Waals surface area contributed by atoms with Crippen LogP contribution in [0.3, 0.4) is 0 Å². The van der Waals surface area contributed by atoms with E-state index in [-0.39, 0.29) is 33.7 Å². The zero-order chi connectivity index (χ0) is 41.1. The minimum Gasteiger partial charge on any atom is -0.432 e. The molecule has 0 aromatic carbocycles. The Morgan fingerprint density at radius 3 is 2.02 bits per heavy atom. The summed E-state index contributed by atoms with van der Waals surface area (Å²) in [5.41, 5.74) is -1.17. The highest BCUT2D eigenvalue weighted by atomic mass is 16.7. The van der Waals surface area contributed by atoms with Crippen molar-refractivity contribution in [1.29, 1.82) is 0 Å². The molecule has 0 bridgehead atoms. The molecular formula is C42H68O14. The Bertz CT molecular complexity index is 1520. The largest absolute Gasteiger partial charge is 0.432 e. The molecule has 14 nitrogen and oxygen atoms in total. The Labute approximate surface area is 330 Å². The molecule has 5 aliphatic carbocycles. The number of hydrogen-bond acceptors (Lipinski definition) is 14. The average molecular weight is 797 g/mol. The summed E-state index contributed by atoms with van der Waals surface area (Å²) in [6.45, 7) is 14.4. The quantitative estimate of drug-likeness (QED) is 0.136. The second-order valence-corrected chi connectivity index (χ2v) is 20.8. The summed E-state index contributed by atoms with van der Waals surface area (Å²) in [7, 11) is 0. The number of aliphatic hydroxyl groups excluding tert-OH is 9. The number of esters is 1. The average Bonchev–Trinajstić information content (AvgIpc) is 3.13. The molecule has 9 N–H and O–H groups in total. The van der Waals surface area contributed by atoms with Gasteiger partial charge in [0.15, 0.2) is 6.29 Å². The Kier molecular flexibility index (Phi) is 11.0. The van der Waals surface area contributed by atoms with Crippen LogP contribution in [0.15, 0.2) is 11.6 Å². The lowest BCUT2D eigenvalue weighted by Gasteiger charge is -2.71. The molecule has 56 heavy (non-hydrogen) atoms. The lowest BCUT2D eigenvalue weighted by atomic mass is 9.33. The van der Waals surface area contributed by atoms with Crippen molar-refractivity contribution in [3.05, 3.63) is 11.6 Å². The fraction of sp³-hybridized carbons (Fsp3) is 0.929. The van der Waals surface area contributed by atoms with Crippen LogP contribution in [0.2, 0.25) is 0 Å². The molecule has 2 heterocycles. The third-order valence-corrected chi connectivity index (χ3v) is 17.2. The molecule has 0 aromatic heterocycles. The highest BCUT2D eigenvalue weighted by molar-refractivity contribution is 5.80. The number of carbonyl (C=O) groups is 1. The van der Waals surface area contributed by atoms with Crippen molar-refractivity contribution in [3.63, 3.8) is 0 Å². The number of aliphatic hydroxyl groups is 9. The van der Waals surface area contributed by atoms with E-state index in [9.17, 15) is 50.8 Å². The molecular weight excluding hydrogens is 728 g/mol. The van der Waals surface area contributed by atoms with Crippen molar-refractivity contribution < 1.29 is 69.7 Å². The number of ether oxygens (including phenoxy) is 4. The molecule has 6 fully saturated rings. The summed E-state index contributed by atoms with van der Waals surface area (Å²) in [6, 6.07) is 0. The molecule has 320 valence electrons. The second kappa shape index (κ2) is 14.4. The second-order valence-electron chi connectivity index (χ2n) is 20.8. The van der Waals surface area contributed by atoms with Gasteiger partial charge in [-0.3, -0.25) is 4.79 Å². The first-order valence-electron chi connectivity index (χ1n) is 20.9. The fourth-order valence-corrected chi connectivity index (χ4v) is 13.6. The van der Waals surface area contributed by atoms with Crippen LogP contribution in [-0.4, -0.2) is 139 Å². The number of fused-ring (bicyclic) bond motifs is 7. The maximum atomic E-state index is 14.8. The van der Waals surface area contributed by atoms with Crippen LogP contribution < -0.4 is 0 Å². The number of hydrogen-bond donors (Lipinski definition) is 9. The van der Waals surface area contributed by atoms with Gasteiger partial charge in [0.05, 0.1) is 25.4 Å². The van der Waals surface area contributed by atoms with E-state index in [1.807, 2.05) is 0 Å². The minimum atomic E-state index is -1.89. The SMILES string of the molecule is CC1(C)CC[C@]2(C(=O)O[C@H]3O[C@@H](CO)[C@H](O[C@H]4O[C@@H](CO)[C@H](O)[C@H](O)[C@@H]4O)[C@H](O)[C@@H]3O)C(O)C[C@]3(C)C(=CC[C@@H]4[C@@]5(C)CC[C@H](O)C(C)(C)C5CC[C@]43C)[C@@H]2C1. The smallest absolute Gasteiger partial charge is 0.317 e. The van der Waals surface area contributed by atoms with Crippen molar-refractivity contribution in [2.24, 2.45) is 50.2 Å². The van der Waals surface area contributed by atoms with Gasteiger partial charge in [0.1, 0.15) is 54.2 Å². The molecule has 0 aromatic rings. The molecule has 0 spiro atoms. The van der Waals surface area contributed by atoms with Gasteiger partial charge in [0.25, 0.3) is 0 Å². The third kappa shape index (κ3) is 6.13. The predicted octanol–water partition coefficient (Wildman–Crippen LogP) is 1.29. The highest BCUT2D eigenvalue weighted by Gasteiger charge is 2.72. The summed E-state index contributed by atoms with van der Waals surface area (Å²) in [6.07, 6.45) is -9.35. The summed E-state index contributed by atoms with van der Waals surface area (Å²) in [5, 5.41) is 97.1. The van der Waals surface area contributed by atoms with E-state index in [1.54, 1.807) is 0 Å². The lowest BCUT2D eigenvalue weighted by molar-refractivity contribution is -0.357. The fourth-order valence-electron chi connectivity index (χ4n) is 13.6. The van der Waals surface area contributed by atoms with E-state index < -0.39 is 97.5 Å². The van der Waals surface area contributed by atoms with Crippen molar-refractivity contribution in [2.45, 2.75) is 180 Å². The van der Waals surface area contributed by atoms with Gasteiger partial charge in [-0.2, -0.15) is 0 Å². The van der Waals surface area contributed by atoms with Crippen LogP contribution in [0, 0.1) is 50.2 Å². The standard InChI is InChI=1S/C42H68O14/c1-37(2)14-15-42(36(52)56-35-32(51)30(49)33(23(19-44)54-35)55-34-31(50)29(48)28(47)22(18-43)53-34)21(16-37)20-8-9-25-39(5)12-11-26(45)38(3,4)24(39)10-13-40(25,6)41(20,7)17-27(42)46/h8,21-35,43-51H,9-19H2,1-7H3/t21-,22-,23-,24?,25+,26-,27?,28-,29-,30+,31-,32-,33-,34+,35+,39-,40+,41+,42+/m0/s1.